The summed E-state index contributed by atoms with van der Waals surface area (Å²) >= 11 is 11.9. The van der Waals surface area contributed by atoms with Gasteiger partial charge in [-0.25, -0.2) is 4.79 Å². The van der Waals surface area contributed by atoms with Gasteiger partial charge in [-0.05, 0) is 49.7 Å². The van der Waals surface area contributed by atoms with E-state index < -0.39 is 17.7 Å². The molecule has 0 saturated heterocycles. The fourth-order valence-corrected chi connectivity index (χ4v) is 3.84. The van der Waals surface area contributed by atoms with Crippen LogP contribution in [0.4, 0.5) is 13.2 Å². The molecule has 0 amide bonds. The quantitative estimate of drug-likeness (QED) is 0.619. The van der Waals surface area contributed by atoms with Crippen LogP contribution in [0.15, 0.2) is 53.2 Å². The van der Waals surface area contributed by atoms with Crippen LogP contribution in [0.5, 0.6) is 0 Å². The van der Waals surface area contributed by atoms with Crippen LogP contribution >= 0.6 is 23.2 Å². The topological polar surface area (TPSA) is 58.9 Å². The molecule has 0 bridgehead atoms. The van der Waals surface area contributed by atoms with Gasteiger partial charge in [-0.1, -0.05) is 40.5 Å². The third-order valence-corrected chi connectivity index (χ3v) is 5.03. The fraction of sp³-hybridized carbons (Fsp3) is 0.200. The van der Waals surface area contributed by atoms with Crippen LogP contribution in [0.25, 0.3) is 0 Å². The first-order chi connectivity index (χ1) is 13.5. The van der Waals surface area contributed by atoms with Gasteiger partial charge in [0, 0.05) is 26.7 Å². The van der Waals surface area contributed by atoms with Gasteiger partial charge in [0.15, 0.2) is 0 Å². The summed E-state index contributed by atoms with van der Waals surface area (Å²) in [7, 11) is 0. The van der Waals surface area contributed by atoms with E-state index in [1.807, 2.05) is 0 Å². The Bertz CT molecular complexity index is 1040. The number of nitrogens with zero attached hydrogens (tertiary/aromatic N) is 1. The molecule has 0 spiro atoms. The maximum Gasteiger partial charge on any atom is 0.440 e. The number of aromatic carboxylic acids is 1. The highest BCUT2D eigenvalue weighted by molar-refractivity contribution is 6.34. The Kier molecular flexibility index (Phi) is 5.40. The fourth-order valence-electron chi connectivity index (χ4n) is 3.31. The number of rotatable bonds is 3. The Hall–Kier alpha value is -2.51. The Morgan fingerprint density at radius 2 is 1.79 bits per heavy atom. The molecule has 1 atom stereocenters. The van der Waals surface area contributed by atoms with Crippen LogP contribution in [0.2, 0.25) is 10.0 Å². The molecular formula is C20H14Cl2F3NO3. The molecular weight excluding hydrogens is 430 g/mol. The van der Waals surface area contributed by atoms with Crippen molar-refractivity contribution in [3.63, 3.8) is 0 Å². The predicted octanol–water partition coefficient (Wildman–Crippen LogP) is 6.14. The van der Waals surface area contributed by atoms with Gasteiger partial charge in [0.25, 0.3) is 5.60 Å². The normalized spacial score (nSPS) is 20.5. The van der Waals surface area contributed by atoms with Gasteiger partial charge in [0.1, 0.15) is 5.71 Å². The second-order valence-electron chi connectivity index (χ2n) is 6.41. The van der Waals surface area contributed by atoms with Gasteiger partial charge in [-0.2, -0.15) is 13.2 Å². The van der Waals surface area contributed by atoms with Crippen molar-refractivity contribution < 1.29 is 27.9 Å². The maximum absolute atomic E-state index is 14.3. The Labute approximate surface area is 174 Å². The molecule has 1 heterocycles. The van der Waals surface area contributed by atoms with E-state index in [0.29, 0.717) is 11.1 Å². The van der Waals surface area contributed by atoms with Crippen molar-refractivity contribution in [1.82, 2.24) is 0 Å². The minimum Gasteiger partial charge on any atom is -0.478 e. The van der Waals surface area contributed by atoms with Gasteiger partial charge >= 0.3 is 12.1 Å². The lowest BCUT2D eigenvalue weighted by Gasteiger charge is -2.31. The standard InChI is InChI=1S/C20H14Cl2F3NO3/c1-3-16-17(11-4-5-15(18(27)28)10(2)6-11)26-29-19(16,20(23,24)25)12-7-13(21)9-14(22)8-12/h3-9H,1-2H3,(H,27,28)/b16-3-. The van der Waals surface area contributed by atoms with Gasteiger partial charge in [0.2, 0.25) is 0 Å². The van der Waals surface area contributed by atoms with E-state index in [9.17, 15) is 23.1 Å². The molecule has 1 unspecified atom stereocenters. The lowest BCUT2D eigenvalue weighted by molar-refractivity contribution is -0.261. The molecule has 0 fully saturated rings. The van der Waals surface area contributed by atoms with E-state index in [2.05, 4.69) is 5.16 Å². The average molecular weight is 444 g/mol. The number of carboxylic acids is 1. The highest BCUT2D eigenvalue weighted by Gasteiger charge is 2.65. The summed E-state index contributed by atoms with van der Waals surface area (Å²) in [4.78, 5) is 16.3. The summed E-state index contributed by atoms with van der Waals surface area (Å²) in [6.45, 7) is 2.98. The zero-order valence-electron chi connectivity index (χ0n) is 15.1. The average Bonchev–Trinajstić information content (AvgIpc) is 3.00. The lowest BCUT2D eigenvalue weighted by atomic mass is 9.81. The summed E-state index contributed by atoms with van der Waals surface area (Å²) in [6.07, 6.45) is -3.63. The van der Waals surface area contributed by atoms with E-state index >= 15 is 0 Å². The number of aryl methyl sites for hydroxylation is 1. The zero-order chi connectivity index (χ0) is 21.6. The highest BCUT2D eigenvalue weighted by atomic mass is 35.5. The van der Waals surface area contributed by atoms with E-state index in [-0.39, 0.29) is 32.5 Å². The van der Waals surface area contributed by atoms with Gasteiger partial charge in [-0.15, -0.1) is 0 Å². The summed E-state index contributed by atoms with van der Waals surface area (Å²) < 4.78 is 43.0. The van der Waals surface area contributed by atoms with E-state index in [4.69, 9.17) is 28.0 Å². The Morgan fingerprint density at radius 1 is 1.17 bits per heavy atom. The minimum atomic E-state index is -4.88. The van der Waals surface area contributed by atoms with Crippen LogP contribution in [0.3, 0.4) is 0 Å². The molecule has 1 aliphatic heterocycles. The van der Waals surface area contributed by atoms with Crippen LogP contribution in [0, 0.1) is 6.92 Å². The summed E-state index contributed by atoms with van der Waals surface area (Å²) in [5.74, 6) is -1.14. The molecule has 2 aromatic carbocycles. The SMILES string of the molecule is C/C=C1/C(c2ccc(C(=O)O)c(C)c2)=NOC1(c1cc(Cl)cc(Cl)c1)C(F)(F)F. The molecule has 0 aromatic heterocycles. The monoisotopic (exact) mass is 443 g/mol. The Morgan fingerprint density at radius 3 is 2.28 bits per heavy atom. The number of benzene rings is 2. The first-order valence-electron chi connectivity index (χ1n) is 8.32. The van der Waals surface area contributed by atoms with Crippen molar-refractivity contribution in [2.75, 3.05) is 0 Å². The number of hydrogen-bond acceptors (Lipinski definition) is 3. The van der Waals surface area contributed by atoms with E-state index in [1.165, 1.54) is 37.3 Å². The Balaban J connectivity index is 2.19. The summed E-state index contributed by atoms with van der Waals surface area (Å²) in [5.41, 5.74) is -2.80. The van der Waals surface area contributed by atoms with Crippen molar-refractivity contribution in [1.29, 1.82) is 0 Å². The van der Waals surface area contributed by atoms with Crippen LogP contribution < -0.4 is 0 Å². The van der Waals surface area contributed by atoms with Crippen LogP contribution in [-0.4, -0.2) is 23.0 Å². The smallest absolute Gasteiger partial charge is 0.440 e. The molecule has 3 rings (SSSR count). The molecule has 1 aliphatic rings. The van der Waals surface area contributed by atoms with Crippen LogP contribution in [-0.2, 0) is 10.4 Å². The largest absolute Gasteiger partial charge is 0.478 e. The van der Waals surface area contributed by atoms with E-state index in [0.717, 1.165) is 12.1 Å². The molecule has 9 heteroatoms. The number of halogens is 5. The van der Waals surface area contributed by atoms with Gasteiger partial charge < -0.3 is 9.94 Å². The lowest BCUT2D eigenvalue weighted by Crippen LogP contribution is -2.44. The number of oxime groups is 1. The highest BCUT2D eigenvalue weighted by Crippen LogP contribution is 2.52. The minimum absolute atomic E-state index is 0.0188. The number of allylic oxidation sites excluding steroid dienone is 1. The van der Waals surface area contributed by atoms with Crippen molar-refractivity contribution >= 4 is 34.9 Å². The number of carbonyl (C=O) groups is 1. The molecule has 1 N–H and O–H groups in total. The summed E-state index contributed by atoms with van der Waals surface area (Å²) in [5, 5.41) is 12.9. The number of carboxylic acid groups (broad SMARTS) is 1. The number of alkyl halides is 3. The second-order valence-corrected chi connectivity index (χ2v) is 7.28. The van der Waals surface area contributed by atoms with Crippen molar-refractivity contribution in [2.45, 2.75) is 25.6 Å². The molecule has 0 radical (unpaired) electrons. The third kappa shape index (κ3) is 3.49. The maximum atomic E-state index is 14.3. The van der Waals surface area contributed by atoms with Crippen molar-refractivity contribution in [3.05, 3.63) is 80.3 Å². The van der Waals surface area contributed by atoms with Crippen molar-refractivity contribution in [3.8, 4) is 0 Å². The zero-order valence-corrected chi connectivity index (χ0v) is 16.7. The molecule has 2 aromatic rings. The molecule has 4 nitrogen and oxygen atoms in total. The third-order valence-electron chi connectivity index (χ3n) is 4.60. The predicted molar refractivity (Wildman–Crippen MR) is 104 cm³/mol. The molecule has 29 heavy (non-hydrogen) atoms. The van der Waals surface area contributed by atoms with Crippen molar-refractivity contribution in [2.24, 2.45) is 5.16 Å². The second kappa shape index (κ2) is 7.39. The van der Waals surface area contributed by atoms with E-state index in [1.54, 1.807) is 6.92 Å². The van der Waals surface area contributed by atoms with Crippen LogP contribution in [0.1, 0.15) is 34.0 Å². The van der Waals surface area contributed by atoms with Gasteiger partial charge in [-0.3, -0.25) is 0 Å². The first-order valence-corrected chi connectivity index (χ1v) is 9.07. The summed E-state index contributed by atoms with van der Waals surface area (Å²) in [6, 6.07) is 7.72. The van der Waals surface area contributed by atoms with Gasteiger partial charge in [0.05, 0.1) is 5.56 Å². The molecule has 0 saturated carbocycles. The molecule has 0 aliphatic carbocycles. The number of hydrogen-bond donors (Lipinski definition) is 1. The molecule has 152 valence electrons. The first kappa shape index (κ1) is 21.2.